The Morgan fingerprint density at radius 2 is 2.05 bits per heavy atom. The van der Waals surface area contributed by atoms with Crippen molar-refractivity contribution in [2.75, 3.05) is 20.3 Å². The van der Waals surface area contributed by atoms with E-state index in [0.717, 1.165) is 5.56 Å². The van der Waals surface area contributed by atoms with E-state index in [4.69, 9.17) is 16.3 Å². The van der Waals surface area contributed by atoms with Crippen LogP contribution in [0.5, 0.6) is 0 Å². The van der Waals surface area contributed by atoms with E-state index in [1.807, 2.05) is 12.1 Å². The Labute approximate surface area is 129 Å². The van der Waals surface area contributed by atoms with Gasteiger partial charge in [0.15, 0.2) is 0 Å². The third-order valence-corrected chi connectivity index (χ3v) is 3.28. The maximum absolute atomic E-state index is 12.6. The van der Waals surface area contributed by atoms with Crippen LogP contribution < -0.4 is 0 Å². The maximum atomic E-state index is 12.6. The minimum Gasteiger partial charge on any atom is -0.383 e. The molecular formula is C16H17ClN2O2. The molecule has 0 radical (unpaired) electrons. The monoisotopic (exact) mass is 304 g/mol. The van der Waals surface area contributed by atoms with Crippen molar-refractivity contribution in [3.05, 3.63) is 64.9 Å². The van der Waals surface area contributed by atoms with E-state index in [-0.39, 0.29) is 5.91 Å². The van der Waals surface area contributed by atoms with Crippen LogP contribution in [-0.4, -0.2) is 36.1 Å². The number of rotatable bonds is 6. The molecule has 0 aliphatic heterocycles. The molecule has 1 heterocycles. The summed E-state index contributed by atoms with van der Waals surface area (Å²) in [6, 6.07) is 10.8. The molecule has 0 aliphatic rings. The average Bonchev–Trinajstić information content (AvgIpc) is 2.51. The van der Waals surface area contributed by atoms with E-state index in [2.05, 4.69) is 4.98 Å². The van der Waals surface area contributed by atoms with Gasteiger partial charge in [-0.05, 0) is 35.9 Å². The van der Waals surface area contributed by atoms with Gasteiger partial charge in [0.05, 0.1) is 6.61 Å². The van der Waals surface area contributed by atoms with Crippen LogP contribution >= 0.6 is 11.6 Å². The molecule has 4 nitrogen and oxygen atoms in total. The first-order valence-corrected chi connectivity index (χ1v) is 7.01. The van der Waals surface area contributed by atoms with Crippen molar-refractivity contribution in [2.24, 2.45) is 0 Å². The summed E-state index contributed by atoms with van der Waals surface area (Å²) in [5.74, 6) is -0.0636. The number of carbonyl (C=O) groups excluding carboxylic acids is 1. The molecule has 1 aromatic carbocycles. The molecule has 0 N–H and O–H groups in total. The second-order valence-electron chi connectivity index (χ2n) is 4.59. The Balaban J connectivity index is 2.17. The summed E-state index contributed by atoms with van der Waals surface area (Å²) in [6.07, 6.45) is 3.43. The number of benzene rings is 1. The van der Waals surface area contributed by atoms with Gasteiger partial charge in [-0.25, -0.2) is 0 Å². The van der Waals surface area contributed by atoms with Crippen molar-refractivity contribution in [1.82, 2.24) is 9.88 Å². The molecule has 0 aliphatic carbocycles. The number of carbonyl (C=O) groups is 1. The third-order valence-electron chi connectivity index (χ3n) is 3.05. The van der Waals surface area contributed by atoms with Gasteiger partial charge in [-0.1, -0.05) is 17.7 Å². The van der Waals surface area contributed by atoms with Crippen LogP contribution in [0.15, 0.2) is 48.8 Å². The summed E-state index contributed by atoms with van der Waals surface area (Å²) in [5, 5.41) is 0.552. The summed E-state index contributed by atoms with van der Waals surface area (Å²) in [5.41, 5.74) is 1.60. The molecular weight excluding hydrogens is 288 g/mol. The Kier molecular flexibility index (Phi) is 5.72. The summed E-state index contributed by atoms with van der Waals surface area (Å²) in [4.78, 5) is 18.3. The lowest BCUT2D eigenvalue weighted by atomic mass is 10.1. The number of hydrogen-bond donors (Lipinski definition) is 0. The van der Waals surface area contributed by atoms with Crippen molar-refractivity contribution in [2.45, 2.75) is 6.54 Å². The lowest BCUT2D eigenvalue weighted by molar-refractivity contribution is 0.0680. The number of methoxy groups -OCH3 is 1. The standard InChI is InChI=1S/C16H17ClN2O2/c1-21-10-9-19(12-13-5-7-18-8-6-13)16(20)14-3-2-4-15(17)11-14/h2-8,11H,9-10,12H2,1H3. The minimum atomic E-state index is -0.0636. The lowest BCUT2D eigenvalue weighted by Crippen LogP contribution is -2.33. The molecule has 110 valence electrons. The Morgan fingerprint density at radius 3 is 2.71 bits per heavy atom. The molecule has 0 atom stereocenters. The fourth-order valence-corrected chi connectivity index (χ4v) is 2.16. The predicted octanol–water partition coefficient (Wildman–Crippen LogP) is 3.02. The average molecular weight is 305 g/mol. The highest BCUT2D eigenvalue weighted by molar-refractivity contribution is 6.30. The van der Waals surface area contributed by atoms with Crippen LogP contribution in [0.2, 0.25) is 5.02 Å². The van der Waals surface area contributed by atoms with Gasteiger partial charge in [-0.3, -0.25) is 9.78 Å². The molecule has 0 saturated heterocycles. The second kappa shape index (κ2) is 7.76. The number of halogens is 1. The molecule has 2 aromatic rings. The van der Waals surface area contributed by atoms with Crippen LogP contribution in [0, 0.1) is 0 Å². The lowest BCUT2D eigenvalue weighted by Gasteiger charge is -2.22. The van der Waals surface area contributed by atoms with Gasteiger partial charge in [0.25, 0.3) is 5.91 Å². The first-order chi connectivity index (χ1) is 10.2. The smallest absolute Gasteiger partial charge is 0.254 e. The summed E-state index contributed by atoms with van der Waals surface area (Å²) in [6.45, 7) is 1.51. The summed E-state index contributed by atoms with van der Waals surface area (Å²) < 4.78 is 5.09. The zero-order valence-corrected chi connectivity index (χ0v) is 12.6. The van der Waals surface area contributed by atoms with Gasteiger partial charge >= 0.3 is 0 Å². The Hall–Kier alpha value is -1.91. The first kappa shape index (κ1) is 15.5. The topological polar surface area (TPSA) is 42.4 Å². The molecule has 21 heavy (non-hydrogen) atoms. The van der Waals surface area contributed by atoms with E-state index in [1.165, 1.54) is 0 Å². The molecule has 0 bridgehead atoms. The fraction of sp³-hybridized carbons (Fsp3) is 0.250. The van der Waals surface area contributed by atoms with Gasteiger partial charge in [-0.2, -0.15) is 0 Å². The van der Waals surface area contributed by atoms with Crippen molar-refractivity contribution < 1.29 is 9.53 Å². The van der Waals surface area contributed by atoms with Crippen LogP contribution in [-0.2, 0) is 11.3 Å². The van der Waals surface area contributed by atoms with Crippen LogP contribution in [0.1, 0.15) is 15.9 Å². The molecule has 5 heteroatoms. The summed E-state index contributed by atoms with van der Waals surface area (Å²) >= 11 is 5.95. The zero-order valence-electron chi connectivity index (χ0n) is 11.8. The zero-order chi connectivity index (χ0) is 15.1. The third kappa shape index (κ3) is 4.55. The molecule has 0 fully saturated rings. The number of ether oxygens (including phenoxy) is 1. The summed E-state index contributed by atoms with van der Waals surface area (Å²) in [7, 11) is 1.62. The fourth-order valence-electron chi connectivity index (χ4n) is 1.97. The number of hydrogen-bond acceptors (Lipinski definition) is 3. The van der Waals surface area contributed by atoms with Crippen LogP contribution in [0.25, 0.3) is 0 Å². The largest absolute Gasteiger partial charge is 0.383 e. The van der Waals surface area contributed by atoms with Gasteiger partial charge in [-0.15, -0.1) is 0 Å². The highest BCUT2D eigenvalue weighted by Crippen LogP contribution is 2.14. The van der Waals surface area contributed by atoms with Gasteiger partial charge in [0, 0.05) is 43.2 Å². The SMILES string of the molecule is COCCN(Cc1ccncc1)C(=O)c1cccc(Cl)c1. The Morgan fingerprint density at radius 1 is 1.29 bits per heavy atom. The van der Waals surface area contributed by atoms with Crippen molar-refractivity contribution in [3.63, 3.8) is 0 Å². The Bertz CT molecular complexity index is 590. The molecule has 0 spiro atoms. The predicted molar refractivity (Wildman–Crippen MR) is 82.3 cm³/mol. The van der Waals surface area contributed by atoms with Gasteiger partial charge in [0.1, 0.15) is 0 Å². The quantitative estimate of drug-likeness (QED) is 0.824. The molecule has 1 aromatic heterocycles. The maximum Gasteiger partial charge on any atom is 0.254 e. The van der Waals surface area contributed by atoms with Crippen LogP contribution in [0.3, 0.4) is 0 Å². The molecule has 1 amide bonds. The second-order valence-corrected chi connectivity index (χ2v) is 5.02. The van der Waals surface area contributed by atoms with Crippen LogP contribution in [0.4, 0.5) is 0 Å². The van der Waals surface area contributed by atoms with Gasteiger partial charge < -0.3 is 9.64 Å². The normalized spacial score (nSPS) is 10.4. The molecule has 0 unspecified atom stereocenters. The van der Waals surface area contributed by atoms with Crippen molar-refractivity contribution in [3.8, 4) is 0 Å². The molecule has 2 rings (SSSR count). The van der Waals surface area contributed by atoms with E-state index in [9.17, 15) is 4.79 Å². The number of aromatic nitrogens is 1. The van der Waals surface area contributed by atoms with E-state index < -0.39 is 0 Å². The van der Waals surface area contributed by atoms with E-state index >= 15 is 0 Å². The number of nitrogens with zero attached hydrogens (tertiary/aromatic N) is 2. The number of amides is 1. The van der Waals surface area contributed by atoms with E-state index in [0.29, 0.717) is 30.3 Å². The first-order valence-electron chi connectivity index (χ1n) is 6.63. The van der Waals surface area contributed by atoms with E-state index in [1.54, 1.807) is 48.7 Å². The van der Waals surface area contributed by atoms with Gasteiger partial charge in [0.2, 0.25) is 0 Å². The minimum absolute atomic E-state index is 0.0636. The highest BCUT2D eigenvalue weighted by Gasteiger charge is 2.16. The highest BCUT2D eigenvalue weighted by atomic mass is 35.5. The van der Waals surface area contributed by atoms with Crippen molar-refractivity contribution in [1.29, 1.82) is 0 Å². The number of pyridine rings is 1. The van der Waals surface area contributed by atoms with Crippen molar-refractivity contribution >= 4 is 17.5 Å². The molecule has 0 saturated carbocycles.